The quantitative estimate of drug-likeness (QED) is 0.0961. The molecule has 0 radical (unpaired) electrons. The molecule has 294 valence electrons. The van der Waals surface area contributed by atoms with Crippen molar-refractivity contribution >= 4 is 23.7 Å². The first kappa shape index (κ1) is 39.4. The van der Waals surface area contributed by atoms with Crippen LogP contribution < -0.4 is 10.5 Å². The van der Waals surface area contributed by atoms with Gasteiger partial charge in [-0.05, 0) is 99.6 Å². The minimum atomic E-state index is -1.61. The van der Waals surface area contributed by atoms with E-state index in [9.17, 15) is 34.4 Å². The Bertz CT molecular complexity index is 1730. The summed E-state index contributed by atoms with van der Waals surface area (Å²) in [5.74, 6) is -3.60. The van der Waals surface area contributed by atoms with E-state index in [2.05, 4.69) is 4.84 Å². The Hall–Kier alpha value is -4.25. The molecule has 1 aromatic carbocycles. The van der Waals surface area contributed by atoms with Crippen molar-refractivity contribution in [2.75, 3.05) is 19.8 Å². The second-order valence-corrected chi connectivity index (χ2v) is 15.8. The predicted octanol–water partition coefficient (Wildman–Crippen LogP) is 3.90. The summed E-state index contributed by atoms with van der Waals surface area (Å²) in [6.45, 7) is 6.33. The van der Waals surface area contributed by atoms with Gasteiger partial charge in [-0.1, -0.05) is 32.1 Å². The summed E-state index contributed by atoms with van der Waals surface area (Å²) in [6.07, 6.45) is 1.62. The third-order valence-electron chi connectivity index (χ3n) is 12.1. The van der Waals surface area contributed by atoms with Crippen molar-refractivity contribution < 1.29 is 62.3 Å². The van der Waals surface area contributed by atoms with Crippen molar-refractivity contribution in [2.45, 2.75) is 102 Å². The van der Waals surface area contributed by atoms with E-state index >= 15 is 4.39 Å². The lowest BCUT2D eigenvalue weighted by atomic mass is 9.46. The van der Waals surface area contributed by atoms with Crippen LogP contribution in [0, 0.1) is 38.7 Å². The van der Waals surface area contributed by atoms with Crippen LogP contribution >= 0.6 is 0 Å². The van der Waals surface area contributed by atoms with Crippen LogP contribution in [0.5, 0.6) is 5.75 Å². The highest BCUT2D eigenvalue weighted by molar-refractivity contribution is 6.01. The number of Topliss-reactive ketones (excluding diaryl/α,β-unsaturated/α-hetero) is 1. The molecule has 6 rings (SSSR count). The van der Waals surface area contributed by atoms with E-state index < -0.39 is 82.2 Å². The highest BCUT2D eigenvalue weighted by Crippen LogP contribution is 2.70. The summed E-state index contributed by atoms with van der Waals surface area (Å²) in [6, 6.07) is 5.16. The van der Waals surface area contributed by atoms with Crippen molar-refractivity contribution in [1.82, 2.24) is 0 Å². The van der Waals surface area contributed by atoms with Crippen molar-refractivity contribution in [3.8, 4) is 5.75 Å². The molecule has 4 aliphatic carbocycles. The number of unbranched alkanes of at least 4 members (excludes halogenated alkanes) is 1. The fourth-order valence-corrected chi connectivity index (χ4v) is 9.94. The molecule has 1 saturated heterocycles. The number of aliphatic hydroxyl groups is 1. The molecule has 1 unspecified atom stereocenters. The van der Waals surface area contributed by atoms with E-state index in [0.717, 1.165) is 0 Å². The number of allylic oxidation sites excluding steroid dienone is 4. The highest BCUT2D eigenvalue weighted by atomic mass is 19.1. The predicted molar refractivity (Wildman–Crippen MR) is 185 cm³/mol. The lowest BCUT2D eigenvalue weighted by molar-refractivity contribution is -0.757. The van der Waals surface area contributed by atoms with Gasteiger partial charge in [0, 0.05) is 16.7 Å². The summed E-state index contributed by atoms with van der Waals surface area (Å²) < 4.78 is 44.5. The summed E-state index contributed by atoms with van der Waals surface area (Å²) >= 11 is 0. The van der Waals surface area contributed by atoms with Crippen molar-refractivity contribution in [3.05, 3.63) is 63.7 Å². The molecule has 0 aromatic heterocycles. The molecule has 3 N–H and O–H groups in total. The number of ketones is 2. The summed E-state index contributed by atoms with van der Waals surface area (Å²) in [7, 11) is 0. The largest absolute Gasteiger partial charge is 0.514 e. The summed E-state index contributed by atoms with van der Waals surface area (Å²) in [5, 5.41) is 21.1. The molecule has 1 heterocycles. The zero-order chi connectivity index (χ0) is 39.2. The number of nitrogens with zero attached hydrogens (tertiary/aromatic N) is 1. The maximum atomic E-state index is 15.9. The number of esters is 1. The normalized spacial score (nSPS) is 35.0. The molecule has 1 aromatic rings. The minimum absolute atomic E-state index is 0.0337. The SMILES string of the molecule is CC1(C)O[C@@H]2C[C@H]3[C@@H]4C[C@H](F)C5=CC(=O)C=C[C@]5(C)[C@H]4[C@@H](O)C[C@]3(C)[C@@]2(C(=O)COC(=O)Oc2ccc(CC(N)C(=O)OCCCCO[N+](=O)[O-])cc2)O1. The van der Waals surface area contributed by atoms with Gasteiger partial charge < -0.3 is 39.4 Å². The van der Waals surface area contributed by atoms with Crippen LogP contribution in [-0.2, 0) is 44.6 Å². The first-order valence-corrected chi connectivity index (χ1v) is 18.2. The lowest BCUT2D eigenvalue weighted by Gasteiger charge is -2.60. The molecule has 0 amide bonds. The Morgan fingerprint density at radius 3 is 2.50 bits per heavy atom. The Morgan fingerprint density at radius 1 is 1.09 bits per heavy atom. The monoisotopic (exact) mass is 758 g/mol. The number of alkyl halides is 1. The molecule has 16 heteroatoms. The number of carbonyl (C=O) groups excluding carboxylic acids is 4. The molecule has 5 aliphatic rings. The smallest absolute Gasteiger partial charge is 0.465 e. The average Bonchev–Trinajstić information content (AvgIpc) is 3.51. The number of nitrogens with two attached hydrogens (primary N) is 1. The van der Waals surface area contributed by atoms with E-state index in [-0.39, 0.29) is 55.8 Å². The van der Waals surface area contributed by atoms with E-state index in [4.69, 9.17) is 29.4 Å². The zero-order valence-corrected chi connectivity index (χ0v) is 30.7. The van der Waals surface area contributed by atoms with Crippen LogP contribution in [0.15, 0.2) is 48.1 Å². The maximum absolute atomic E-state index is 15.9. The third-order valence-corrected chi connectivity index (χ3v) is 12.1. The Balaban J connectivity index is 1.07. The van der Waals surface area contributed by atoms with E-state index in [1.165, 1.54) is 24.3 Å². The molecule has 15 nitrogen and oxygen atoms in total. The van der Waals surface area contributed by atoms with Gasteiger partial charge in [0.15, 0.2) is 23.8 Å². The number of carbonyl (C=O) groups is 4. The van der Waals surface area contributed by atoms with Crippen LogP contribution in [0.25, 0.3) is 0 Å². The van der Waals surface area contributed by atoms with Gasteiger partial charge in [-0.2, -0.15) is 0 Å². The molecule has 4 fully saturated rings. The summed E-state index contributed by atoms with van der Waals surface area (Å²) in [5.41, 5.74) is 3.48. The van der Waals surface area contributed by atoms with Crippen LogP contribution in [0.4, 0.5) is 9.18 Å². The molecular formula is C38H47FN2O13. The van der Waals surface area contributed by atoms with Gasteiger partial charge in [0.1, 0.15) is 18.0 Å². The number of halogens is 1. The van der Waals surface area contributed by atoms with Gasteiger partial charge in [-0.25, -0.2) is 9.18 Å². The highest BCUT2D eigenvalue weighted by Gasteiger charge is 2.77. The zero-order valence-electron chi connectivity index (χ0n) is 30.7. The number of hydrogen-bond donors (Lipinski definition) is 2. The van der Waals surface area contributed by atoms with Gasteiger partial charge in [0.25, 0.3) is 5.09 Å². The Kier molecular flexibility index (Phi) is 10.8. The van der Waals surface area contributed by atoms with Crippen molar-refractivity contribution in [2.24, 2.45) is 34.3 Å². The molecule has 10 atom stereocenters. The molecule has 0 spiro atoms. The third kappa shape index (κ3) is 7.16. The fourth-order valence-electron chi connectivity index (χ4n) is 9.94. The van der Waals surface area contributed by atoms with Crippen LogP contribution in [0.3, 0.4) is 0 Å². The Morgan fingerprint density at radius 2 is 1.80 bits per heavy atom. The number of rotatable bonds is 13. The number of fused-ring (bicyclic) bond motifs is 7. The number of benzene rings is 1. The van der Waals surface area contributed by atoms with Crippen LogP contribution in [0.2, 0.25) is 0 Å². The van der Waals surface area contributed by atoms with E-state index in [0.29, 0.717) is 30.4 Å². The molecule has 0 bridgehead atoms. The topological polar surface area (TPSA) is 213 Å². The van der Waals surface area contributed by atoms with Gasteiger partial charge in [0.2, 0.25) is 5.78 Å². The second kappa shape index (κ2) is 14.8. The number of hydrogen-bond acceptors (Lipinski definition) is 14. The lowest BCUT2D eigenvalue weighted by Crippen LogP contribution is -2.64. The van der Waals surface area contributed by atoms with E-state index in [1.54, 1.807) is 32.1 Å². The second-order valence-electron chi connectivity index (χ2n) is 15.8. The number of aliphatic hydroxyl groups excluding tert-OH is 1. The molecule has 3 saturated carbocycles. The van der Waals surface area contributed by atoms with Gasteiger partial charge in [-0.15, -0.1) is 10.1 Å². The minimum Gasteiger partial charge on any atom is -0.465 e. The molecule has 1 aliphatic heterocycles. The standard InChI is InChI=1S/C38H47FN2O13/c1-35(2)53-31-18-25-24-17-27(39)26-16-22(42)11-12-36(26,3)32(24)29(43)19-37(25,4)38(31,54-35)30(44)20-50-34(46)52-23-9-7-21(8-10-23)15-28(40)33(45)49-13-5-6-14-51-41(47)48/h7-12,16,24-25,27-29,31-32,43H,5-6,13-15,17-20,40H2,1-4H3/t24-,25-,27-,28?,29-,31+,32+,36-,37-,38-/m0/s1. The summed E-state index contributed by atoms with van der Waals surface area (Å²) in [4.78, 5) is 65.9. The van der Waals surface area contributed by atoms with Gasteiger partial charge in [-0.3, -0.25) is 14.4 Å². The average molecular weight is 759 g/mol. The van der Waals surface area contributed by atoms with Crippen LogP contribution in [0.1, 0.15) is 65.4 Å². The van der Waals surface area contributed by atoms with Crippen molar-refractivity contribution in [3.63, 3.8) is 0 Å². The first-order chi connectivity index (χ1) is 25.4. The first-order valence-electron chi connectivity index (χ1n) is 18.2. The maximum Gasteiger partial charge on any atom is 0.514 e. The molecular weight excluding hydrogens is 711 g/mol. The Labute approximate surface area is 311 Å². The van der Waals surface area contributed by atoms with Gasteiger partial charge >= 0.3 is 12.1 Å². The number of ether oxygens (including phenoxy) is 5. The van der Waals surface area contributed by atoms with Gasteiger partial charge in [0.05, 0.1) is 25.4 Å². The fraction of sp³-hybridized carbons (Fsp3) is 0.632. The van der Waals surface area contributed by atoms with Crippen molar-refractivity contribution in [1.29, 1.82) is 0 Å². The van der Waals surface area contributed by atoms with E-state index in [1.807, 2.05) is 13.8 Å². The van der Waals surface area contributed by atoms with Crippen LogP contribution in [-0.4, -0.2) is 89.5 Å². The molecule has 54 heavy (non-hydrogen) atoms.